The van der Waals surface area contributed by atoms with Crippen molar-refractivity contribution in [1.82, 2.24) is 20.2 Å². The van der Waals surface area contributed by atoms with Crippen molar-refractivity contribution < 1.29 is 0 Å². The van der Waals surface area contributed by atoms with Crippen molar-refractivity contribution in [2.45, 2.75) is 26.7 Å². The van der Waals surface area contributed by atoms with Gasteiger partial charge in [0.25, 0.3) is 0 Å². The average Bonchev–Trinajstić information content (AvgIpc) is 2.98. The SMILES string of the molecule is CC1=CC(C)CC(CNc2ccccc2-n2cnnn2)C1. The zero-order chi connectivity index (χ0) is 14.7. The van der Waals surface area contributed by atoms with Gasteiger partial charge < -0.3 is 5.32 Å². The van der Waals surface area contributed by atoms with Crippen LogP contribution in [0.2, 0.25) is 0 Å². The van der Waals surface area contributed by atoms with E-state index in [0.717, 1.165) is 17.9 Å². The summed E-state index contributed by atoms with van der Waals surface area (Å²) >= 11 is 0. The minimum absolute atomic E-state index is 0.681. The fourth-order valence-corrected chi connectivity index (χ4v) is 3.19. The maximum absolute atomic E-state index is 3.97. The Bertz CT molecular complexity index is 617. The summed E-state index contributed by atoms with van der Waals surface area (Å²) in [7, 11) is 0. The molecule has 0 fully saturated rings. The number of nitrogens with zero attached hydrogens (tertiary/aromatic N) is 4. The van der Waals surface area contributed by atoms with Gasteiger partial charge in [-0.15, -0.1) is 5.10 Å². The smallest absolute Gasteiger partial charge is 0.143 e. The van der Waals surface area contributed by atoms with Gasteiger partial charge in [0.1, 0.15) is 6.33 Å². The third-order valence-electron chi connectivity index (χ3n) is 3.97. The van der Waals surface area contributed by atoms with Crippen molar-refractivity contribution in [2.24, 2.45) is 11.8 Å². The van der Waals surface area contributed by atoms with E-state index in [9.17, 15) is 0 Å². The molecule has 1 aromatic carbocycles. The summed E-state index contributed by atoms with van der Waals surface area (Å²) in [6.45, 7) is 5.51. The van der Waals surface area contributed by atoms with Crippen molar-refractivity contribution in [2.75, 3.05) is 11.9 Å². The van der Waals surface area contributed by atoms with Crippen LogP contribution in [0.3, 0.4) is 0 Å². The number of aromatic nitrogens is 4. The predicted molar refractivity (Wildman–Crippen MR) is 83.3 cm³/mol. The molecule has 1 heterocycles. The maximum atomic E-state index is 3.97. The lowest BCUT2D eigenvalue weighted by Crippen LogP contribution is -2.20. The number of tetrazole rings is 1. The quantitative estimate of drug-likeness (QED) is 0.876. The number of nitrogens with one attached hydrogen (secondary N) is 1. The first-order valence-electron chi connectivity index (χ1n) is 7.46. The fraction of sp³-hybridized carbons (Fsp3) is 0.438. The molecule has 0 radical (unpaired) electrons. The van der Waals surface area contributed by atoms with Crippen LogP contribution in [0.15, 0.2) is 42.2 Å². The van der Waals surface area contributed by atoms with E-state index in [0.29, 0.717) is 11.8 Å². The minimum atomic E-state index is 0.681. The molecule has 21 heavy (non-hydrogen) atoms. The molecular formula is C16H21N5. The van der Waals surface area contributed by atoms with E-state index >= 15 is 0 Å². The Morgan fingerprint density at radius 3 is 2.95 bits per heavy atom. The highest BCUT2D eigenvalue weighted by Crippen LogP contribution is 2.28. The van der Waals surface area contributed by atoms with E-state index < -0.39 is 0 Å². The first-order chi connectivity index (χ1) is 10.2. The van der Waals surface area contributed by atoms with Crippen LogP contribution in [0.1, 0.15) is 26.7 Å². The molecule has 2 unspecified atom stereocenters. The number of allylic oxidation sites excluding steroid dienone is 2. The van der Waals surface area contributed by atoms with E-state index in [1.807, 2.05) is 18.2 Å². The van der Waals surface area contributed by atoms with E-state index in [2.05, 4.69) is 46.8 Å². The lowest BCUT2D eigenvalue weighted by atomic mass is 9.84. The molecule has 0 saturated carbocycles. The Labute approximate surface area is 125 Å². The van der Waals surface area contributed by atoms with Crippen molar-refractivity contribution in [1.29, 1.82) is 0 Å². The summed E-state index contributed by atoms with van der Waals surface area (Å²) < 4.78 is 1.69. The Kier molecular flexibility index (Phi) is 3.99. The molecule has 1 N–H and O–H groups in total. The minimum Gasteiger partial charge on any atom is -0.383 e. The summed E-state index contributed by atoms with van der Waals surface area (Å²) in [5.74, 6) is 1.37. The van der Waals surface area contributed by atoms with Crippen LogP contribution in [0.4, 0.5) is 5.69 Å². The van der Waals surface area contributed by atoms with Crippen molar-refractivity contribution in [3.63, 3.8) is 0 Å². The number of rotatable bonds is 4. The molecule has 2 atom stereocenters. The monoisotopic (exact) mass is 283 g/mol. The number of hydrogen-bond donors (Lipinski definition) is 1. The van der Waals surface area contributed by atoms with Gasteiger partial charge in [0.2, 0.25) is 0 Å². The van der Waals surface area contributed by atoms with E-state index in [4.69, 9.17) is 0 Å². The lowest BCUT2D eigenvalue weighted by Gasteiger charge is -2.26. The van der Waals surface area contributed by atoms with Crippen LogP contribution in [0, 0.1) is 11.8 Å². The van der Waals surface area contributed by atoms with Crippen LogP contribution in [0.5, 0.6) is 0 Å². The molecule has 3 rings (SSSR count). The molecule has 0 spiro atoms. The molecule has 5 heteroatoms. The molecule has 1 aromatic heterocycles. The zero-order valence-electron chi connectivity index (χ0n) is 12.5. The third kappa shape index (κ3) is 3.29. The van der Waals surface area contributed by atoms with Gasteiger partial charge in [0, 0.05) is 6.54 Å². The van der Waals surface area contributed by atoms with Gasteiger partial charge in [-0.2, -0.15) is 4.68 Å². The zero-order valence-corrected chi connectivity index (χ0v) is 12.5. The highest BCUT2D eigenvalue weighted by atomic mass is 15.5. The average molecular weight is 283 g/mol. The summed E-state index contributed by atoms with van der Waals surface area (Å²) in [6, 6.07) is 8.13. The van der Waals surface area contributed by atoms with Gasteiger partial charge in [0.15, 0.2) is 0 Å². The second-order valence-corrected chi connectivity index (χ2v) is 5.95. The van der Waals surface area contributed by atoms with Crippen molar-refractivity contribution in [3.05, 3.63) is 42.2 Å². The first-order valence-corrected chi connectivity index (χ1v) is 7.46. The number of anilines is 1. The van der Waals surface area contributed by atoms with Crippen LogP contribution in [-0.2, 0) is 0 Å². The second-order valence-electron chi connectivity index (χ2n) is 5.95. The first kappa shape index (κ1) is 13.8. The summed E-state index contributed by atoms with van der Waals surface area (Å²) in [5.41, 5.74) is 3.57. The van der Waals surface area contributed by atoms with Crippen LogP contribution in [-0.4, -0.2) is 26.8 Å². The van der Waals surface area contributed by atoms with E-state index in [1.54, 1.807) is 11.0 Å². The molecular weight excluding hydrogens is 262 g/mol. The fourth-order valence-electron chi connectivity index (χ4n) is 3.19. The van der Waals surface area contributed by atoms with Crippen LogP contribution < -0.4 is 5.32 Å². The van der Waals surface area contributed by atoms with Gasteiger partial charge in [-0.05, 0) is 54.2 Å². The molecule has 1 aliphatic carbocycles. The molecule has 0 bridgehead atoms. The van der Waals surface area contributed by atoms with E-state index in [-0.39, 0.29) is 0 Å². The van der Waals surface area contributed by atoms with Crippen molar-refractivity contribution in [3.8, 4) is 5.69 Å². The molecule has 0 saturated heterocycles. The number of para-hydroxylation sites is 2. The van der Waals surface area contributed by atoms with Crippen LogP contribution >= 0.6 is 0 Å². The highest BCUT2D eigenvalue weighted by molar-refractivity contribution is 5.60. The molecule has 0 amide bonds. The molecule has 110 valence electrons. The topological polar surface area (TPSA) is 55.6 Å². The van der Waals surface area contributed by atoms with Gasteiger partial charge in [-0.3, -0.25) is 0 Å². The highest BCUT2D eigenvalue weighted by Gasteiger charge is 2.18. The number of benzene rings is 1. The Balaban J connectivity index is 1.70. The van der Waals surface area contributed by atoms with Gasteiger partial charge in [-0.25, -0.2) is 0 Å². The molecule has 2 aromatic rings. The molecule has 5 nitrogen and oxygen atoms in total. The predicted octanol–water partition coefficient (Wildman–Crippen LogP) is 3.07. The normalized spacial score (nSPS) is 21.9. The standard InChI is InChI=1S/C16H21N5/c1-12-7-13(2)9-14(8-12)10-17-15-5-3-4-6-16(15)21-11-18-19-20-21/h3-7,11-12,14,17H,8-10H2,1-2H3. The lowest BCUT2D eigenvalue weighted by molar-refractivity contribution is 0.421. The van der Waals surface area contributed by atoms with Crippen LogP contribution in [0.25, 0.3) is 5.69 Å². The van der Waals surface area contributed by atoms with Gasteiger partial charge >= 0.3 is 0 Å². The Morgan fingerprint density at radius 2 is 2.19 bits per heavy atom. The second kappa shape index (κ2) is 6.08. The Morgan fingerprint density at radius 1 is 1.33 bits per heavy atom. The van der Waals surface area contributed by atoms with E-state index in [1.165, 1.54) is 18.4 Å². The largest absolute Gasteiger partial charge is 0.383 e. The van der Waals surface area contributed by atoms with Crippen molar-refractivity contribution >= 4 is 5.69 Å². The summed E-state index contributed by atoms with van der Waals surface area (Å²) in [5, 5.41) is 15.0. The Hall–Kier alpha value is -2.17. The number of hydrogen-bond acceptors (Lipinski definition) is 4. The molecule has 1 aliphatic rings. The van der Waals surface area contributed by atoms with Gasteiger partial charge in [-0.1, -0.05) is 30.7 Å². The molecule has 0 aliphatic heterocycles. The maximum Gasteiger partial charge on any atom is 0.143 e. The summed E-state index contributed by atoms with van der Waals surface area (Å²) in [6.07, 6.45) is 6.45. The van der Waals surface area contributed by atoms with Gasteiger partial charge in [0.05, 0.1) is 11.4 Å². The summed E-state index contributed by atoms with van der Waals surface area (Å²) in [4.78, 5) is 0. The third-order valence-corrected chi connectivity index (χ3v) is 3.97.